The summed E-state index contributed by atoms with van der Waals surface area (Å²) in [5.74, 6) is 1.06. The number of nitrogens with one attached hydrogen (secondary N) is 1. The van der Waals surface area contributed by atoms with Crippen LogP contribution < -0.4 is 10.1 Å². The maximum absolute atomic E-state index is 5.38. The molecule has 2 atom stereocenters. The van der Waals surface area contributed by atoms with Crippen molar-refractivity contribution in [2.75, 3.05) is 13.7 Å². The van der Waals surface area contributed by atoms with Gasteiger partial charge in [-0.3, -0.25) is 0 Å². The van der Waals surface area contributed by atoms with Crippen LogP contribution in [0.4, 0.5) is 0 Å². The van der Waals surface area contributed by atoms with E-state index in [1.54, 1.807) is 6.33 Å². The second-order valence-corrected chi connectivity index (χ2v) is 3.81. The molecule has 0 aliphatic carbocycles. The maximum Gasteiger partial charge on any atom is 0.216 e. The summed E-state index contributed by atoms with van der Waals surface area (Å²) in [6, 6.07) is 2.33. The highest BCUT2D eigenvalue weighted by atomic mass is 16.5. The molecule has 16 heavy (non-hydrogen) atoms. The highest BCUT2D eigenvalue weighted by molar-refractivity contribution is 5.18. The van der Waals surface area contributed by atoms with E-state index >= 15 is 0 Å². The van der Waals surface area contributed by atoms with E-state index in [-0.39, 0.29) is 0 Å². The molecular weight excluding hydrogens is 202 g/mol. The van der Waals surface area contributed by atoms with Gasteiger partial charge in [-0.05, 0) is 27.3 Å². The van der Waals surface area contributed by atoms with Crippen LogP contribution in [-0.2, 0) is 0 Å². The van der Waals surface area contributed by atoms with Crippen molar-refractivity contribution in [3.05, 3.63) is 18.1 Å². The summed E-state index contributed by atoms with van der Waals surface area (Å²) in [4.78, 5) is 8.41. The van der Waals surface area contributed by atoms with Crippen molar-refractivity contribution >= 4 is 0 Å². The smallest absolute Gasteiger partial charge is 0.216 e. The molecule has 1 N–H and O–H groups in total. The summed E-state index contributed by atoms with van der Waals surface area (Å²) in [6.45, 7) is 6.92. The van der Waals surface area contributed by atoms with Crippen molar-refractivity contribution in [1.29, 1.82) is 0 Å². The zero-order valence-electron chi connectivity index (χ0n) is 10.5. The highest BCUT2D eigenvalue weighted by Gasteiger charge is 2.18. The summed E-state index contributed by atoms with van der Waals surface area (Å²) in [5, 5.41) is 3.26. The van der Waals surface area contributed by atoms with E-state index in [1.165, 1.54) is 0 Å². The first-order chi connectivity index (χ1) is 7.72. The zero-order valence-corrected chi connectivity index (χ0v) is 10.5. The molecule has 0 aliphatic rings. The first-order valence-corrected chi connectivity index (χ1v) is 5.84. The van der Waals surface area contributed by atoms with Gasteiger partial charge in [-0.25, -0.2) is 9.97 Å². The van der Waals surface area contributed by atoms with Gasteiger partial charge in [0.2, 0.25) is 5.88 Å². The Morgan fingerprint density at radius 3 is 2.69 bits per heavy atom. The van der Waals surface area contributed by atoms with Gasteiger partial charge in [0.25, 0.3) is 0 Å². The van der Waals surface area contributed by atoms with Crippen LogP contribution in [0.3, 0.4) is 0 Å². The lowest BCUT2D eigenvalue weighted by Gasteiger charge is -2.21. The van der Waals surface area contributed by atoms with E-state index in [0.717, 1.165) is 12.1 Å². The summed E-state index contributed by atoms with van der Waals surface area (Å²) in [5.41, 5.74) is 1.04. The monoisotopic (exact) mass is 223 g/mol. The molecule has 4 nitrogen and oxygen atoms in total. The third-order valence-corrected chi connectivity index (χ3v) is 2.83. The molecule has 1 aromatic rings. The van der Waals surface area contributed by atoms with Crippen LogP contribution in [0.5, 0.6) is 5.88 Å². The molecule has 0 saturated heterocycles. The van der Waals surface area contributed by atoms with E-state index in [9.17, 15) is 0 Å². The molecule has 2 unspecified atom stereocenters. The third-order valence-electron chi connectivity index (χ3n) is 2.83. The fraction of sp³-hybridized carbons (Fsp3) is 0.667. The molecule has 0 spiro atoms. The number of rotatable bonds is 6. The normalized spacial score (nSPS) is 14.5. The van der Waals surface area contributed by atoms with Gasteiger partial charge in [0.15, 0.2) is 0 Å². The largest absolute Gasteiger partial charge is 0.478 e. The number of ether oxygens (including phenoxy) is 1. The van der Waals surface area contributed by atoms with E-state index in [1.807, 2.05) is 20.0 Å². The van der Waals surface area contributed by atoms with Crippen LogP contribution in [0.25, 0.3) is 0 Å². The number of hydrogen-bond donors (Lipinski definition) is 1. The molecule has 0 fully saturated rings. The number of aromatic nitrogens is 2. The molecule has 0 aliphatic heterocycles. The van der Waals surface area contributed by atoms with Crippen molar-refractivity contribution in [3.8, 4) is 5.88 Å². The van der Waals surface area contributed by atoms with Gasteiger partial charge in [0.05, 0.1) is 12.3 Å². The Hall–Kier alpha value is -1.16. The van der Waals surface area contributed by atoms with Crippen molar-refractivity contribution in [2.45, 2.75) is 39.2 Å². The predicted octanol–water partition coefficient (Wildman–Crippen LogP) is 1.98. The van der Waals surface area contributed by atoms with Crippen LogP contribution in [-0.4, -0.2) is 29.7 Å². The number of nitrogens with zero attached hydrogens (tertiary/aromatic N) is 2. The van der Waals surface area contributed by atoms with Crippen molar-refractivity contribution in [2.24, 2.45) is 0 Å². The maximum atomic E-state index is 5.38. The van der Waals surface area contributed by atoms with Crippen molar-refractivity contribution < 1.29 is 4.74 Å². The van der Waals surface area contributed by atoms with E-state index in [2.05, 4.69) is 29.1 Å². The molecule has 1 rings (SSSR count). The third kappa shape index (κ3) is 3.17. The Balaban J connectivity index is 2.87. The van der Waals surface area contributed by atoms with E-state index in [4.69, 9.17) is 4.74 Å². The average molecular weight is 223 g/mol. The second-order valence-electron chi connectivity index (χ2n) is 3.81. The number of hydrogen-bond acceptors (Lipinski definition) is 4. The first-order valence-electron chi connectivity index (χ1n) is 5.84. The summed E-state index contributed by atoms with van der Waals surface area (Å²) in [7, 11) is 1.97. The quantitative estimate of drug-likeness (QED) is 0.801. The first kappa shape index (κ1) is 12.9. The minimum Gasteiger partial charge on any atom is -0.478 e. The molecular formula is C12H21N3O. The van der Waals surface area contributed by atoms with Crippen LogP contribution in [0.1, 0.15) is 38.8 Å². The SMILES string of the molecule is CCOc1cc(C(CC)C(C)NC)ncn1. The van der Waals surface area contributed by atoms with Crippen LogP contribution in [0, 0.1) is 0 Å². The van der Waals surface area contributed by atoms with Gasteiger partial charge in [0.1, 0.15) is 6.33 Å². The molecule has 0 amide bonds. The minimum atomic E-state index is 0.396. The Kier molecular flexibility index (Phi) is 5.19. The fourth-order valence-corrected chi connectivity index (χ4v) is 1.80. The molecule has 0 bridgehead atoms. The predicted molar refractivity (Wildman–Crippen MR) is 64.8 cm³/mol. The Labute approximate surface area is 97.5 Å². The Morgan fingerprint density at radius 1 is 1.38 bits per heavy atom. The van der Waals surface area contributed by atoms with Crippen LogP contribution in [0.15, 0.2) is 12.4 Å². The second kappa shape index (κ2) is 6.43. The summed E-state index contributed by atoms with van der Waals surface area (Å²) >= 11 is 0. The van der Waals surface area contributed by atoms with Gasteiger partial charge >= 0.3 is 0 Å². The lowest BCUT2D eigenvalue weighted by atomic mass is 9.94. The van der Waals surface area contributed by atoms with E-state index in [0.29, 0.717) is 24.4 Å². The molecule has 90 valence electrons. The van der Waals surface area contributed by atoms with Gasteiger partial charge in [-0.2, -0.15) is 0 Å². The molecule has 0 aromatic carbocycles. The van der Waals surface area contributed by atoms with Gasteiger partial charge in [0, 0.05) is 18.0 Å². The van der Waals surface area contributed by atoms with Crippen LogP contribution >= 0.6 is 0 Å². The average Bonchev–Trinajstić information content (AvgIpc) is 2.31. The van der Waals surface area contributed by atoms with Gasteiger partial charge < -0.3 is 10.1 Å². The van der Waals surface area contributed by atoms with Gasteiger partial charge in [-0.15, -0.1) is 0 Å². The zero-order chi connectivity index (χ0) is 12.0. The summed E-state index contributed by atoms with van der Waals surface area (Å²) < 4.78 is 5.38. The molecule has 0 radical (unpaired) electrons. The highest BCUT2D eigenvalue weighted by Crippen LogP contribution is 2.23. The van der Waals surface area contributed by atoms with Crippen LogP contribution in [0.2, 0.25) is 0 Å². The fourth-order valence-electron chi connectivity index (χ4n) is 1.80. The van der Waals surface area contributed by atoms with Gasteiger partial charge in [-0.1, -0.05) is 6.92 Å². The standard InChI is InChI=1S/C12H21N3O/c1-5-10(9(3)13-4)11-7-12(16-6-2)15-8-14-11/h7-10,13H,5-6H2,1-4H3. The van der Waals surface area contributed by atoms with Crippen molar-refractivity contribution in [3.63, 3.8) is 0 Å². The Morgan fingerprint density at radius 2 is 2.12 bits per heavy atom. The molecule has 4 heteroatoms. The summed E-state index contributed by atoms with van der Waals surface area (Å²) in [6.07, 6.45) is 2.62. The molecule has 1 aromatic heterocycles. The Bertz CT molecular complexity index is 317. The lowest BCUT2D eigenvalue weighted by molar-refractivity contribution is 0.324. The van der Waals surface area contributed by atoms with E-state index < -0.39 is 0 Å². The number of likely N-dealkylation sites (N-methyl/N-ethyl adjacent to an activating group) is 1. The lowest BCUT2D eigenvalue weighted by Crippen LogP contribution is -2.29. The topological polar surface area (TPSA) is 47.0 Å². The van der Waals surface area contributed by atoms with Crippen molar-refractivity contribution in [1.82, 2.24) is 15.3 Å². The minimum absolute atomic E-state index is 0.396. The molecule has 0 saturated carbocycles. The molecule has 1 heterocycles.